The van der Waals surface area contributed by atoms with Crippen LogP contribution in [0.3, 0.4) is 0 Å². The number of hydrogen-bond donors (Lipinski definition) is 2. The number of rotatable bonds is 7. The Labute approximate surface area is 172 Å². The van der Waals surface area contributed by atoms with E-state index in [0.717, 1.165) is 42.9 Å². The summed E-state index contributed by atoms with van der Waals surface area (Å²) in [6.07, 6.45) is 4.58. The lowest BCUT2D eigenvalue weighted by atomic mass is 10.0. The Kier molecular flexibility index (Phi) is 6.84. The highest BCUT2D eigenvalue weighted by atomic mass is 16.3. The summed E-state index contributed by atoms with van der Waals surface area (Å²) in [5.41, 5.74) is 2.87. The number of nitrogens with zero attached hydrogens (tertiary/aromatic N) is 3. The molecule has 1 fully saturated rings. The minimum atomic E-state index is -0.279. The zero-order chi connectivity index (χ0) is 20.8. The number of pyridine rings is 1. The molecule has 0 bridgehead atoms. The van der Waals surface area contributed by atoms with E-state index < -0.39 is 0 Å². The van der Waals surface area contributed by atoms with Crippen molar-refractivity contribution in [2.75, 3.05) is 24.6 Å². The fourth-order valence-corrected chi connectivity index (χ4v) is 3.72. The van der Waals surface area contributed by atoms with E-state index in [1.807, 2.05) is 18.2 Å². The van der Waals surface area contributed by atoms with Crippen molar-refractivity contribution in [3.8, 4) is 17.2 Å². The molecule has 3 rings (SSSR count). The smallest absolute Gasteiger partial charge is 0.253 e. The van der Waals surface area contributed by atoms with Gasteiger partial charge in [-0.05, 0) is 48.9 Å². The van der Waals surface area contributed by atoms with Crippen molar-refractivity contribution < 1.29 is 9.90 Å². The van der Waals surface area contributed by atoms with Crippen LogP contribution in [-0.2, 0) is 0 Å². The maximum absolute atomic E-state index is 12.8. The molecule has 0 spiro atoms. The highest BCUT2D eigenvalue weighted by molar-refractivity contribution is 5.96. The van der Waals surface area contributed by atoms with Crippen molar-refractivity contribution in [2.45, 2.75) is 39.2 Å². The zero-order valence-corrected chi connectivity index (χ0v) is 17.1. The van der Waals surface area contributed by atoms with Crippen molar-refractivity contribution in [1.82, 2.24) is 10.3 Å². The lowest BCUT2D eigenvalue weighted by Crippen LogP contribution is -2.38. The van der Waals surface area contributed by atoms with Crippen molar-refractivity contribution in [3.05, 3.63) is 47.7 Å². The summed E-state index contributed by atoms with van der Waals surface area (Å²) in [5.74, 6) is 1.00. The first-order valence-corrected chi connectivity index (χ1v) is 10.2. The largest absolute Gasteiger partial charge is 0.394 e. The Morgan fingerprint density at radius 2 is 1.97 bits per heavy atom. The third-order valence-corrected chi connectivity index (χ3v) is 5.17. The molecule has 1 saturated heterocycles. The lowest BCUT2D eigenvalue weighted by molar-refractivity contribution is 0.0908. The van der Waals surface area contributed by atoms with Crippen LogP contribution in [0.1, 0.15) is 49.0 Å². The molecule has 6 nitrogen and oxygen atoms in total. The van der Waals surface area contributed by atoms with Gasteiger partial charge in [0.05, 0.1) is 29.8 Å². The van der Waals surface area contributed by atoms with Crippen LogP contribution in [0.15, 0.2) is 36.5 Å². The van der Waals surface area contributed by atoms with Gasteiger partial charge in [0.2, 0.25) is 0 Å². The normalized spacial score (nSPS) is 14.7. The van der Waals surface area contributed by atoms with E-state index in [4.69, 9.17) is 5.26 Å². The summed E-state index contributed by atoms with van der Waals surface area (Å²) in [5, 5.41) is 21.6. The average Bonchev–Trinajstić information content (AvgIpc) is 3.27. The van der Waals surface area contributed by atoms with Gasteiger partial charge in [0, 0.05) is 24.8 Å². The van der Waals surface area contributed by atoms with Gasteiger partial charge in [0.15, 0.2) is 0 Å². The number of hydrogen-bond acceptors (Lipinski definition) is 5. The fourth-order valence-electron chi connectivity index (χ4n) is 3.72. The highest BCUT2D eigenvalue weighted by Gasteiger charge is 2.21. The monoisotopic (exact) mass is 392 g/mol. The van der Waals surface area contributed by atoms with Gasteiger partial charge in [-0.3, -0.25) is 4.79 Å². The third kappa shape index (κ3) is 5.12. The van der Waals surface area contributed by atoms with Crippen molar-refractivity contribution >= 4 is 11.7 Å². The predicted molar refractivity (Wildman–Crippen MR) is 114 cm³/mol. The minimum Gasteiger partial charge on any atom is -0.394 e. The van der Waals surface area contributed by atoms with E-state index in [1.165, 1.54) is 0 Å². The first-order chi connectivity index (χ1) is 14.0. The number of nitrogens with one attached hydrogen (secondary N) is 1. The molecule has 2 heterocycles. The van der Waals surface area contributed by atoms with Gasteiger partial charge in [-0.1, -0.05) is 26.0 Å². The Bertz CT molecular complexity index is 881. The molecule has 29 heavy (non-hydrogen) atoms. The molecule has 6 heteroatoms. The molecule has 1 aromatic heterocycles. The first kappa shape index (κ1) is 20.8. The molecular weight excluding hydrogens is 364 g/mol. The average molecular weight is 393 g/mol. The van der Waals surface area contributed by atoms with Crippen LogP contribution in [0.2, 0.25) is 0 Å². The van der Waals surface area contributed by atoms with Crippen molar-refractivity contribution in [2.24, 2.45) is 5.92 Å². The number of aliphatic hydroxyl groups excluding tert-OH is 1. The number of aromatic nitrogens is 1. The van der Waals surface area contributed by atoms with Gasteiger partial charge in [-0.15, -0.1) is 0 Å². The van der Waals surface area contributed by atoms with E-state index in [0.29, 0.717) is 23.5 Å². The summed E-state index contributed by atoms with van der Waals surface area (Å²) in [4.78, 5) is 19.7. The van der Waals surface area contributed by atoms with Crippen LogP contribution in [0.25, 0.3) is 11.1 Å². The van der Waals surface area contributed by atoms with Gasteiger partial charge >= 0.3 is 0 Å². The number of carbonyl (C=O) groups excluding carboxylic acids is 1. The summed E-state index contributed by atoms with van der Waals surface area (Å²) in [7, 11) is 0. The van der Waals surface area contributed by atoms with E-state index in [9.17, 15) is 9.90 Å². The van der Waals surface area contributed by atoms with E-state index in [2.05, 4.69) is 35.1 Å². The molecule has 0 radical (unpaired) electrons. The Balaban J connectivity index is 1.93. The van der Waals surface area contributed by atoms with Crippen LogP contribution >= 0.6 is 0 Å². The maximum atomic E-state index is 12.8. The molecule has 152 valence electrons. The Morgan fingerprint density at radius 3 is 2.55 bits per heavy atom. The van der Waals surface area contributed by atoms with Crippen LogP contribution in [0.4, 0.5) is 5.82 Å². The van der Waals surface area contributed by atoms with Gasteiger partial charge in [-0.25, -0.2) is 4.98 Å². The van der Waals surface area contributed by atoms with Crippen LogP contribution in [0, 0.1) is 17.2 Å². The second-order valence-corrected chi connectivity index (χ2v) is 7.96. The number of amides is 1. The lowest BCUT2D eigenvalue weighted by Gasteiger charge is -2.22. The first-order valence-electron chi connectivity index (χ1n) is 10.2. The van der Waals surface area contributed by atoms with E-state index in [-0.39, 0.29) is 18.6 Å². The van der Waals surface area contributed by atoms with Gasteiger partial charge in [0.25, 0.3) is 5.91 Å². The Hall–Kier alpha value is -2.91. The molecule has 2 aromatic rings. The fraction of sp³-hybridized carbons (Fsp3) is 0.435. The number of benzene rings is 1. The molecular formula is C23H28N4O2. The number of nitriles is 1. The molecule has 2 N–H and O–H groups in total. The molecule has 1 atom stereocenters. The number of anilines is 1. The summed E-state index contributed by atoms with van der Waals surface area (Å²) < 4.78 is 0. The molecule has 1 unspecified atom stereocenters. The molecule has 1 amide bonds. The SMILES string of the molecule is CC(C)CC(CO)NC(=O)c1cnc(N2CCCC2)c(-c2ccc(C#N)cc2)c1. The summed E-state index contributed by atoms with van der Waals surface area (Å²) in [6, 6.07) is 11.1. The second-order valence-electron chi connectivity index (χ2n) is 7.96. The maximum Gasteiger partial charge on any atom is 0.253 e. The van der Waals surface area contributed by atoms with Crippen molar-refractivity contribution in [3.63, 3.8) is 0 Å². The third-order valence-electron chi connectivity index (χ3n) is 5.17. The predicted octanol–water partition coefficient (Wildman–Crippen LogP) is 3.36. The number of carbonyl (C=O) groups is 1. The van der Waals surface area contributed by atoms with Gasteiger partial charge in [-0.2, -0.15) is 5.26 Å². The molecule has 0 aliphatic carbocycles. The highest BCUT2D eigenvalue weighted by Crippen LogP contribution is 2.32. The van der Waals surface area contributed by atoms with Crippen LogP contribution in [0.5, 0.6) is 0 Å². The quantitative estimate of drug-likeness (QED) is 0.754. The van der Waals surface area contributed by atoms with Gasteiger partial charge < -0.3 is 15.3 Å². The molecule has 1 aliphatic rings. The van der Waals surface area contributed by atoms with Crippen molar-refractivity contribution in [1.29, 1.82) is 5.26 Å². The summed E-state index contributed by atoms with van der Waals surface area (Å²) in [6.45, 7) is 5.92. The number of aliphatic hydroxyl groups is 1. The van der Waals surface area contributed by atoms with E-state index >= 15 is 0 Å². The topological polar surface area (TPSA) is 89.2 Å². The zero-order valence-electron chi connectivity index (χ0n) is 17.1. The standard InChI is InChI=1S/C23H28N4O2/c1-16(2)11-20(15-28)26-23(29)19-12-21(18-7-5-17(13-24)6-8-18)22(25-14-19)27-9-3-4-10-27/h5-8,12,14,16,20,28H,3-4,9-11,15H2,1-2H3,(H,26,29). The molecule has 1 aliphatic heterocycles. The van der Waals surface area contributed by atoms with Gasteiger partial charge in [0.1, 0.15) is 5.82 Å². The Morgan fingerprint density at radius 1 is 1.28 bits per heavy atom. The van der Waals surface area contributed by atoms with Crippen LogP contribution < -0.4 is 10.2 Å². The minimum absolute atomic E-state index is 0.0916. The second kappa shape index (κ2) is 9.53. The molecule has 0 saturated carbocycles. The van der Waals surface area contributed by atoms with Crippen LogP contribution in [-0.4, -0.2) is 41.7 Å². The summed E-state index contributed by atoms with van der Waals surface area (Å²) >= 11 is 0. The molecule has 1 aromatic carbocycles. The van der Waals surface area contributed by atoms with E-state index in [1.54, 1.807) is 18.3 Å².